The van der Waals surface area contributed by atoms with Crippen molar-refractivity contribution in [2.24, 2.45) is 0 Å². The van der Waals surface area contributed by atoms with Crippen LogP contribution in [-0.4, -0.2) is 15.9 Å². The molecule has 3 rings (SSSR count). The zero-order valence-electron chi connectivity index (χ0n) is 11.5. The predicted octanol–water partition coefficient (Wildman–Crippen LogP) is 4.02. The lowest BCUT2D eigenvalue weighted by molar-refractivity contribution is 0.102. The summed E-state index contributed by atoms with van der Waals surface area (Å²) in [4.78, 5) is 19.7. The van der Waals surface area contributed by atoms with Crippen molar-refractivity contribution in [2.45, 2.75) is 12.3 Å². The van der Waals surface area contributed by atoms with E-state index in [1.807, 2.05) is 49.4 Å². The fourth-order valence-electron chi connectivity index (χ4n) is 2.16. The number of halogens is 1. The number of carbonyl (C=O) groups excluding carboxylic acids is 1. The smallest absolute Gasteiger partial charge is 0.255 e. The van der Waals surface area contributed by atoms with Crippen molar-refractivity contribution in [3.8, 4) is 0 Å². The number of nitrogens with one attached hydrogen (secondary N) is 2. The Balaban J connectivity index is 1.81. The van der Waals surface area contributed by atoms with E-state index in [1.54, 1.807) is 0 Å². The molecule has 3 aromatic rings. The lowest BCUT2D eigenvalue weighted by Gasteiger charge is -2.06. The number of nitrogens with zero attached hydrogens (tertiary/aromatic N) is 1. The van der Waals surface area contributed by atoms with Crippen LogP contribution >= 0.6 is 15.9 Å². The molecule has 0 spiro atoms. The van der Waals surface area contributed by atoms with E-state index in [4.69, 9.17) is 0 Å². The zero-order chi connectivity index (χ0) is 14.8. The molecule has 5 heteroatoms. The third-order valence-electron chi connectivity index (χ3n) is 3.23. The summed E-state index contributed by atoms with van der Waals surface area (Å²) >= 11 is 3.39. The Hall–Kier alpha value is -2.14. The lowest BCUT2D eigenvalue weighted by Crippen LogP contribution is -2.11. The monoisotopic (exact) mass is 343 g/mol. The van der Waals surface area contributed by atoms with Gasteiger partial charge in [0.25, 0.3) is 5.91 Å². The van der Waals surface area contributed by atoms with Crippen LogP contribution in [0.25, 0.3) is 11.0 Å². The Labute approximate surface area is 130 Å². The summed E-state index contributed by atoms with van der Waals surface area (Å²) in [5.74, 6) is 0.741. The number of fused-ring (bicyclic) bond motifs is 1. The van der Waals surface area contributed by atoms with Gasteiger partial charge in [0, 0.05) is 16.6 Å². The summed E-state index contributed by atoms with van der Waals surface area (Å²) in [6, 6.07) is 13.2. The van der Waals surface area contributed by atoms with Crippen molar-refractivity contribution >= 4 is 38.6 Å². The van der Waals surface area contributed by atoms with Crippen LogP contribution in [0.4, 0.5) is 5.69 Å². The highest BCUT2D eigenvalue weighted by Gasteiger charge is 2.07. The third-order valence-corrected chi connectivity index (χ3v) is 3.88. The number of imidazole rings is 1. The Morgan fingerprint density at radius 3 is 2.71 bits per heavy atom. The van der Waals surface area contributed by atoms with Gasteiger partial charge >= 0.3 is 0 Å². The molecule has 0 aliphatic carbocycles. The molecule has 0 aliphatic rings. The Morgan fingerprint density at radius 2 is 2.00 bits per heavy atom. The Bertz CT molecular complexity index is 793. The van der Waals surface area contributed by atoms with Crippen molar-refractivity contribution in [1.29, 1.82) is 0 Å². The van der Waals surface area contributed by atoms with Crippen LogP contribution in [0.3, 0.4) is 0 Å². The van der Waals surface area contributed by atoms with E-state index < -0.39 is 0 Å². The number of rotatable bonds is 3. The van der Waals surface area contributed by atoms with E-state index in [9.17, 15) is 4.79 Å². The van der Waals surface area contributed by atoms with Gasteiger partial charge in [0.2, 0.25) is 0 Å². The van der Waals surface area contributed by atoms with Gasteiger partial charge in [-0.3, -0.25) is 4.79 Å². The first-order valence-electron chi connectivity index (χ1n) is 6.58. The van der Waals surface area contributed by atoms with E-state index in [2.05, 4.69) is 31.2 Å². The molecule has 4 nitrogen and oxygen atoms in total. The number of anilines is 1. The number of hydrogen-bond acceptors (Lipinski definition) is 2. The highest BCUT2D eigenvalue weighted by atomic mass is 79.9. The van der Waals surface area contributed by atoms with Crippen molar-refractivity contribution in [3.05, 3.63) is 59.4 Å². The maximum atomic E-state index is 12.2. The van der Waals surface area contributed by atoms with Crippen LogP contribution in [0.5, 0.6) is 0 Å². The van der Waals surface area contributed by atoms with Crippen molar-refractivity contribution in [3.63, 3.8) is 0 Å². The van der Waals surface area contributed by atoms with Crippen LogP contribution in [0.1, 0.15) is 21.7 Å². The number of aromatic nitrogens is 2. The minimum absolute atomic E-state index is 0.119. The van der Waals surface area contributed by atoms with Crippen molar-refractivity contribution in [2.75, 3.05) is 5.32 Å². The second-order valence-corrected chi connectivity index (χ2v) is 5.40. The highest BCUT2D eigenvalue weighted by molar-refractivity contribution is 9.08. The lowest BCUT2D eigenvalue weighted by atomic mass is 10.1. The molecule has 1 aromatic heterocycles. The normalized spacial score (nSPS) is 10.8. The zero-order valence-corrected chi connectivity index (χ0v) is 13.1. The Morgan fingerprint density at radius 1 is 1.24 bits per heavy atom. The number of alkyl halides is 1. The van der Waals surface area contributed by atoms with Crippen LogP contribution < -0.4 is 5.32 Å². The molecular formula is C16H14BrN3O. The van der Waals surface area contributed by atoms with Gasteiger partial charge in [-0.15, -0.1) is 0 Å². The van der Waals surface area contributed by atoms with E-state index in [-0.39, 0.29) is 5.91 Å². The van der Waals surface area contributed by atoms with Crippen LogP contribution in [-0.2, 0) is 5.33 Å². The SMILES string of the molecule is Cc1nc2ccc(NC(=O)c3ccc(CBr)cc3)cc2[nH]1. The van der Waals surface area contributed by atoms with Gasteiger partial charge in [-0.05, 0) is 42.8 Å². The second kappa shape index (κ2) is 5.69. The maximum absolute atomic E-state index is 12.2. The molecule has 21 heavy (non-hydrogen) atoms. The van der Waals surface area contributed by atoms with Gasteiger partial charge in [-0.2, -0.15) is 0 Å². The first-order chi connectivity index (χ1) is 10.2. The summed E-state index contributed by atoms with van der Waals surface area (Å²) in [6.45, 7) is 1.91. The average Bonchev–Trinajstić information content (AvgIpc) is 2.86. The number of amides is 1. The number of carbonyl (C=O) groups is 1. The van der Waals surface area contributed by atoms with Crippen molar-refractivity contribution in [1.82, 2.24) is 9.97 Å². The molecule has 0 fully saturated rings. The first-order valence-corrected chi connectivity index (χ1v) is 7.70. The molecule has 0 saturated carbocycles. The molecule has 0 unspecified atom stereocenters. The minimum Gasteiger partial charge on any atom is -0.342 e. The molecule has 0 bridgehead atoms. The van der Waals surface area contributed by atoms with Gasteiger partial charge in [0.15, 0.2) is 0 Å². The fraction of sp³-hybridized carbons (Fsp3) is 0.125. The molecule has 1 heterocycles. The van der Waals surface area contributed by atoms with E-state index in [0.717, 1.165) is 33.4 Å². The summed E-state index contributed by atoms with van der Waals surface area (Å²) < 4.78 is 0. The van der Waals surface area contributed by atoms with Gasteiger partial charge < -0.3 is 10.3 Å². The largest absolute Gasteiger partial charge is 0.342 e. The quantitative estimate of drug-likeness (QED) is 0.705. The van der Waals surface area contributed by atoms with Crippen LogP contribution in [0, 0.1) is 6.92 Å². The summed E-state index contributed by atoms with van der Waals surface area (Å²) in [7, 11) is 0. The molecular weight excluding hydrogens is 330 g/mol. The highest BCUT2D eigenvalue weighted by Crippen LogP contribution is 2.18. The van der Waals surface area contributed by atoms with Gasteiger partial charge in [0.1, 0.15) is 5.82 Å². The standard InChI is InChI=1S/C16H14BrN3O/c1-10-18-14-7-6-13(8-15(14)19-10)20-16(21)12-4-2-11(9-17)3-5-12/h2-8H,9H2,1H3,(H,18,19)(H,20,21). The topological polar surface area (TPSA) is 57.8 Å². The van der Waals surface area contributed by atoms with Crippen LogP contribution in [0.2, 0.25) is 0 Å². The van der Waals surface area contributed by atoms with Gasteiger partial charge in [-0.1, -0.05) is 28.1 Å². The molecule has 2 N–H and O–H groups in total. The maximum Gasteiger partial charge on any atom is 0.255 e. The molecule has 2 aromatic carbocycles. The van der Waals surface area contributed by atoms with Crippen LogP contribution in [0.15, 0.2) is 42.5 Å². The molecule has 0 atom stereocenters. The summed E-state index contributed by atoms with van der Waals surface area (Å²) in [5.41, 5.74) is 4.34. The number of benzene rings is 2. The molecule has 0 radical (unpaired) electrons. The summed E-state index contributed by atoms with van der Waals surface area (Å²) in [6.07, 6.45) is 0. The molecule has 1 amide bonds. The molecule has 0 saturated heterocycles. The first kappa shape index (κ1) is 13.8. The Kier molecular flexibility index (Phi) is 3.75. The van der Waals surface area contributed by atoms with Crippen molar-refractivity contribution < 1.29 is 4.79 Å². The minimum atomic E-state index is -0.119. The number of aromatic amines is 1. The number of hydrogen-bond donors (Lipinski definition) is 2. The fourth-order valence-corrected chi connectivity index (χ4v) is 2.54. The molecule has 0 aliphatic heterocycles. The predicted molar refractivity (Wildman–Crippen MR) is 87.9 cm³/mol. The van der Waals surface area contributed by atoms with Gasteiger partial charge in [-0.25, -0.2) is 4.98 Å². The van der Waals surface area contributed by atoms with E-state index >= 15 is 0 Å². The number of H-pyrrole nitrogens is 1. The average molecular weight is 344 g/mol. The molecule has 106 valence electrons. The third kappa shape index (κ3) is 2.97. The second-order valence-electron chi connectivity index (χ2n) is 4.84. The van der Waals surface area contributed by atoms with E-state index in [1.165, 1.54) is 0 Å². The number of aryl methyl sites for hydroxylation is 1. The van der Waals surface area contributed by atoms with E-state index in [0.29, 0.717) is 5.56 Å². The summed E-state index contributed by atoms with van der Waals surface area (Å²) in [5, 5.41) is 3.68. The van der Waals surface area contributed by atoms with Gasteiger partial charge in [0.05, 0.1) is 11.0 Å².